The van der Waals surface area contributed by atoms with E-state index in [4.69, 9.17) is 10.5 Å². The van der Waals surface area contributed by atoms with Crippen LogP contribution in [-0.2, 0) is 22.4 Å². The number of benzene rings is 2. The molecular formula is C26H28N2O3S. The van der Waals surface area contributed by atoms with Gasteiger partial charge >= 0.3 is 0 Å². The molecule has 5 nitrogen and oxygen atoms in total. The van der Waals surface area contributed by atoms with Crippen molar-refractivity contribution in [1.82, 2.24) is 4.90 Å². The Morgan fingerprint density at radius 1 is 1.06 bits per heavy atom. The molecule has 0 bridgehead atoms. The molecule has 0 radical (unpaired) electrons. The summed E-state index contributed by atoms with van der Waals surface area (Å²) in [6.45, 7) is 1.06. The first-order valence-corrected chi connectivity index (χ1v) is 11.7. The predicted molar refractivity (Wildman–Crippen MR) is 128 cm³/mol. The second-order valence-electron chi connectivity index (χ2n) is 8.37. The number of amides is 2. The average Bonchev–Trinajstić information content (AvgIpc) is 3.35. The molecule has 2 heterocycles. The Bertz CT molecular complexity index is 1090. The van der Waals surface area contributed by atoms with Crippen molar-refractivity contribution in [3.05, 3.63) is 77.2 Å². The van der Waals surface area contributed by atoms with Gasteiger partial charge < -0.3 is 15.4 Å². The highest BCUT2D eigenvalue weighted by atomic mass is 32.1. The summed E-state index contributed by atoms with van der Waals surface area (Å²) in [4.78, 5) is 28.5. The zero-order chi connectivity index (χ0) is 22.6. The number of hydrogen-bond acceptors (Lipinski definition) is 4. The number of likely N-dealkylation sites (tertiary alicyclic amines) is 1. The monoisotopic (exact) mass is 448 g/mol. The highest BCUT2D eigenvalue weighted by Crippen LogP contribution is 2.36. The summed E-state index contributed by atoms with van der Waals surface area (Å²) < 4.78 is 5.37. The van der Waals surface area contributed by atoms with Crippen molar-refractivity contribution >= 4 is 23.2 Å². The van der Waals surface area contributed by atoms with Crippen LogP contribution in [0.1, 0.15) is 24.0 Å². The van der Waals surface area contributed by atoms with Crippen molar-refractivity contribution in [1.29, 1.82) is 0 Å². The molecule has 2 N–H and O–H groups in total. The third-order valence-electron chi connectivity index (χ3n) is 6.41. The fourth-order valence-corrected chi connectivity index (χ4v) is 5.21. The van der Waals surface area contributed by atoms with E-state index < -0.39 is 5.41 Å². The largest absolute Gasteiger partial charge is 0.496 e. The number of hydrogen-bond donors (Lipinski definition) is 1. The zero-order valence-electron chi connectivity index (χ0n) is 18.3. The first-order chi connectivity index (χ1) is 15.5. The Hall–Kier alpha value is -3.12. The van der Waals surface area contributed by atoms with Gasteiger partial charge in [0, 0.05) is 23.5 Å². The third-order valence-corrected chi connectivity index (χ3v) is 7.32. The molecule has 6 heteroatoms. The SMILES string of the molecule is COc1ccccc1CC(=O)N1CCC(Cc2cccc(-c3cccs3)c2)(C(N)=O)CC1. The van der Waals surface area contributed by atoms with E-state index >= 15 is 0 Å². The molecule has 1 saturated heterocycles. The number of rotatable bonds is 7. The molecule has 1 aromatic heterocycles. The molecule has 0 unspecified atom stereocenters. The normalized spacial score (nSPS) is 15.3. The first-order valence-electron chi connectivity index (χ1n) is 10.8. The Morgan fingerprint density at radius 2 is 1.84 bits per heavy atom. The minimum Gasteiger partial charge on any atom is -0.496 e. The Morgan fingerprint density at radius 3 is 2.53 bits per heavy atom. The van der Waals surface area contributed by atoms with Gasteiger partial charge in [0.05, 0.1) is 18.9 Å². The molecule has 2 aromatic carbocycles. The minimum atomic E-state index is -0.630. The van der Waals surface area contributed by atoms with Gasteiger partial charge in [-0.05, 0) is 47.9 Å². The van der Waals surface area contributed by atoms with E-state index in [0.717, 1.165) is 22.4 Å². The van der Waals surface area contributed by atoms with E-state index in [2.05, 4.69) is 29.6 Å². The van der Waals surface area contributed by atoms with Gasteiger partial charge in [0.15, 0.2) is 0 Å². The summed E-state index contributed by atoms with van der Waals surface area (Å²) >= 11 is 1.70. The van der Waals surface area contributed by atoms with Crippen LogP contribution < -0.4 is 10.5 Å². The molecule has 1 aliphatic heterocycles. The molecule has 0 saturated carbocycles. The summed E-state index contributed by atoms with van der Waals surface area (Å²) in [6.07, 6.45) is 2.03. The van der Waals surface area contributed by atoms with Crippen LogP contribution >= 0.6 is 11.3 Å². The van der Waals surface area contributed by atoms with Crippen LogP contribution in [0.3, 0.4) is 0 Å². The standard InChI is InChI=1S/C26H28N2O3S/c1-31-22-9-3-2-7-20(22)17-24(29)28-13-11-26(12-14-28,25(27)30)18-19-6-4-8-21(16-19)23-10-5-15-32-23/h2-10,15-16H,11-14,17-18H2,1H3,(H2,27,30). The third kappa shape index (κ3) is 4.70. The second-order valence-corrected chi connectivity index (χ2v) is 9.32. The van der Waals surface area contributed by atoms with E-state index in [1.807, 2.05) is 41.3 Å². The van der Waals surface area contributed by atoms with Crippen molar-refractivity contribution < 1.29 is 14.3 Å². The summed E-state index contributed by atoms with van der Waals surface area (Å²) in [5, 5.41) is 2.06. The van der Waals surface area contributed by atoms with Gasteiger partial charge in [-0.15, -0.1) is 11.3 Å². The lowest BCUT2D eigenvalue weighted by Crippen LogP contribution is -2.50. The van der Waals surface area contributed by atoms with Crippen LogP contribution in [-0.4, -0.2) is 36.9 Å². The highest BCUT2D eigenvalue weighted by Gasteiger charge is 2.41. The average molecular weight is 449 g/mol. The van der Waals surface area contributed by atoms with Gasteiger partial charge in [0.2, 0.25) is 11.8 Å². The van der Waals surface area contributed by atoms with E-state index in [1.165, 1.54) is 4.88 Å². The maximum atomic E-state index is 12.9. The van der Waals surface area contributed by atoms with Crippen LogP contribution in [0.15, 0.2) is 66.0 Å². The van der Waals surface area contributed by atoms with Crippen LogP contribution in [0, 0.1) is 5.41 Å². The number of methoxy groups -OCH3 is 1. The molecule has 0 atom stereocenters. The number of ether oxygens (including phenoxy) is 1. The van der Waals surface area contributed by atoms with Crippen molar-refractivity contribution in [3.63, 3.8) is 0 Å². The van der Waals surface area contributed by atoms with Gasteiger partial charge in [0.1, 0.15) is 5.75 Å². The summed E-state index contributed by atoms with van der Waals surface area (Å²) in [6, 6.07) is 20.0. The van der Waals surface area contributed by atoms with Gasteiger partial charge in [-0.2, -0.15) is 0 Å². The lowest BCUT2D eigenvalue weighted by atomic mass is 9.73. The van der Waals surface area contributed by atoms with Crippen LogP contribution in [0.5, 0.6) is 5.75 Å². The number of piperidine rings is 1. The predicted octanol–water partition coefficient (Wildman–Crippen LogP) is 4.30. The van der Waals surface area contributed by atoms with E-state index in [0.29, 0.717) is 32.4 Å². The molecule has 0 aliphatic carbocycles. The van der Waals surface area contributed by atoms with Gasteiger partial charge in [-0.1, -0.05) is 48.5 Å². The maximum Gasteiger partial charge on any atom is 0.227 e. The lowest BCUT2D eigenvalue weighted by Gasteiger charge is -2.40. The van der Waals surface area contributed by atoms with Gasteiger partial charge in [-0.3, -0.25) is 9.59 Å². The molecule has 2 amide bonds. The fraction of sp³-hybridized carbons (Fsp3) is 0.308. The van der Waals surface area contributed by atoms with E-state index in [9.17, 15) is 9.59 Å². The number of primary amides is 1. The number of carbonyl (C=O) groups excluding carboxylic acids is 2. The summed E-state index contributed by atoms with van der Waals surface area (Å²) in [7, 11) is 1.61. The molecular weight excluding hydrogens is 420 g/mol. The van der Waals surface area contributed by atoms with Gasteiger partial charge in [-0.25, -0.2) is 0 Å². The minimum absolute atomic E-state index is 0.0484. The Labute approximate surface area is 192 Å². The first kappa shape index (κ1) is 22.1. The zero-order valence-corrected chi connectivity index (χ0v) is 19.1. The van der Waals surface area contributed by atoms with Gasteiger partial charge in [0.25, 0.3) is 0 Å². The van der Waals surface area contributed by atoms with Crippen molar-refractivity contribution in [2.75, 3.05) is 20.2 Å². The van der Waals surface area contributed by atoms with Crippen LogP contribution in [0.25, 0.3) is 10.4 Å². The van der Waals surface area contributed by atoms with Crippen molar-refractivity contribution in [2.24, 2.45) is 11.1 Å². The molecule has 3 aromatic rings. The Kier molecular flexibility index (Phi) is 6.61. The molecule has 1 aliphatic rings. The number of carbonyl (C=O) groups is 2. The number of para-hydroxylation sites is 1. The van der Waals surface area contributed by atoms with Crippen molar-refractivity contribution in [3.8, 4) is 16.2 Å². The quantitative estimate of drug-likeness (QED) is 0.586. The fourth-order valence-electron chi connectivity index (χ4n) is 4.49. The Balaban J connectivity index is 1.44. The van der Waals surface area contributed by atoms with E-state index in [-0.39, 0.29) is 18.2 Å². The van der Waals surface area contributed by atoms with Crippen LogP contribution in [0.4, 0.5) is 0 Å². The van der Waals surface area contributed by atoms with Crippen LogP contribution in [0.2, 0.25) is 0 Å². The topological polar surface area (TPSA) is 72.6 Å². The second kappa shape index (κ2) is 9.57. The number of thiophene rings is 1. The molecule has 0 spiro atoms. The smallest absolute Gasteiger partial charge is 0.227 e. The number of nitrogens with zero attached hydrogens (tertiary/aromatic N) is 1. The summed E-state index contributed by atoms with van der Waals surface area (Å²) in [5.74, 6) is 0.484. The molecule has 1 fully saturated rings. The molecule has 166 valence electrons. The number of nitrogens with two attached hydrogens (primary N) is 1. The molecule has 4 rings (SSSR count). The molecule has 32 heavy (non-hydrogen) atoms. The lowest BCUT2D eigenvalue weighted by molar-refractivity contribution is -0.138. The summed E-state index contributed by atoms with van der Waals surface area (Å²) in [5.41, 5.74) is 8.41. The highest BCUT2D eigenvalue weighted by molar-refractivity contribution is 7.13. The van der Waals surface area contributed by atoms with E-state index in [1.54, 1.807) is 18.4 Å². The maximum absolute atomic E-state index is 12.9. The van der Waals surface area contributed by atoms with Crippen molar-refractivity contribution in [2.45, 2.75) is 25.7 Å².